The minimum Gasteiger partial charge on any atom is -0.756 e. The number of phenolic OH excluding ortho intramolecular Hbond substituents is 1. The summed E-state index contributed by atoms with van der Waals surface area (Å²) in [4.78, 5) is 88.0. The predicted octanol–water partition coefficient (Wildman–Crippen LogP) is 12.5. The van der Waals surface area contributed by atoms with Crippen LogP contribution in [0.5, 0.6) is 5.75 Å². The van der Waals surface area contributed by atoms with Gasteiger partial charge < -0.3 is 61.8 Å². The number of rotatable bonds is 60. The average molecular weight is 1500 g/mol. The fourth-order valence-corrected chi connectivity index (χ4v) is 15.9. The molecule has 9 unspecified atom stereocenters. The summed E-state index contributed by atoms with van der Waals surface area (Å²) >= 11 is 0. The first-order valence-electron chi connectivity index (χ1n) is 39.8. The number of carbonyl (C=O) groups is 5. The molecule has 0 aliphatic heterocycles. The number of aryl methyl sites for hydroxylation is 1. The molecule has 0 heterocycles. The van der Waals surface area contributed by atoms with Crippen molar-refractivity contribution in [3.8, 4) is 5.75 Å². The summed E-state index contributed by atoms with van der Waals surface area (Å²) in [5, 5.41) is 20.2. The Morgan fingerprint density at radius 1 is 0.471 bits per heavy atom. The van der Waals surface area contributed by atoms with Gasteiger partial charge in [-0.1, -0.05) is 253 Å². The van der Waals surface area contributed by atoms with Crippen molar-refractivity contribution in [3.05, 3.63) is 29.3 Å². The zero-order valence-electron chi connectivity index (χ0n) is 64.9. The minimum atomic E-state index is -5.20. The largest absolute Gasteiger partial charge is 1.00 e. The van der Waals surface area contributed by atoms with Crippen molar-refractivity contribution >= 4 is 45.5 Å². The van der Waals surface area contributed by atoms with Gasteiger partial charge in [0.1, 0.15) is 31.2 Å². The van der Waals surface area contributed by atoms with Gasteiger partial charge in [-0.25, -0.2) is 0 Å². The Kier molecular flexibility index (Phi) is 58.3. The second kappa shape index (κ2) is 60.4. The van der Waals surface area contributed by atoms with Gasteiger partial charge in [0.2, 0.25) is 0 Å². The number of carbonyl (C=O) groups excluding carboxylic acids is 5. The Morgan fingerprint density at radius 3 is 1.20 bits per heavy atom. The van der Waals surface area contributed by atoms with Gasteiger partial charge in [0.05, 0.1) is 26.4 Å². The number of phosphoric ester groups is 2. The van der Waals surface area contributed by atoms with Crippen molar-refractivity contribution in [1.82, 2.24) is 0 Å². The number of aromatic hydroxyl groups is 1. The van der Waals surface area contributed by atoms with E-state index in [0.717, 1.165) is 122 Å². The molecule has 1 aromatic carbocycles. The zero-order valence-corrected chi connectivity index (χ0v) is 70.7. The maximum absolute atomic E-state index is 12.8. The molecule has 0 amide bonds. The number of unbranched alkanes of at least 4 members (excludes halogenated alkanes) is 32. The van der Waals surface area contributed by atoms with Crippen molar-refractivity contribution in [3.63, 3.8) is 0 Å². The van der Waals surface area contributed by atoms with Crippen molar-refractivity contribution in [2.45, 2.75) is 374 Å². The first-order chi connectivity index (χ1) is 48.2. The first-order valence-corrected chi connectivity index (χ1v) is 42.7. The van der Waals surface area contributed by atoms with Crippen LogP contribution in [0.2, 0.25) is 0 Å². The molecule has 2 fully saturated rings. The third-order valence-corrected chi connectivity index (χ3v) is 22.1. The van der Waals surface area contributed by atoms with Crippen LogP contribution >= 0.6 is 15.6 Å². The number of phenols is 1. The van der Waals surface area contributed by atoms with Gasteiger partial charge in [-0.2, -0.15) is 0 Å². The van der Waals surface area contributed by atoms with E-state index in [1.165, 1.54) is 133 Å². The summed E-state index contributed by atoms with van der Waals surface area (Å²) < 4.78 is 72.5. The molecular formula is C78H136Na2O20P2. The second-order valence-corrected chi connectivity index (χ2v) is 31.7. The van der Waals surface area contributed by atoms with Gasteiger partial charge in [0.25, 0.3) is 15.6 Å². The summed E-state index contributed by atoms with van der Waals surface area (Å²) in [5.41, 5.74) is 2.95. The molecule has 0 saturated heterocycles. The van der Waals surface area contributed by atoms with E-state index < -0.39 is 97.5 Å². The van der Waals surface area contributed by atoms with Crippen LogP contribution in [-0.2, 0) is 81.3 Å². The number of aliphatic hydroxyl groups is 1. The van der Waals surface area contributed by atoms with E-state index in [0.29, 0.717) is 55.6 Å². The smallest absolute Gasteiger partial charge is 0.756 e. The predicted molar refractivity (Wildman–Crippen MR) is 387 cm³/mol. The zero-order chi connectivity index (χ0) is 73.1. The molecule has 3 aliphatic carbocycles. The van der Waals surface area contributed by atoms with E-state index in [1.807, 2.05) is 19.1 Å². The topological polar surface area (TPSA) is 289 Å². The minimum absolute atomic E-state index is 0. The van der Waals surface area contributed by atoms with Crippen LogP contribution < -0.4 is 68.9 Å². The second-order valence-electron chi connectivity index (χ2n) is 28.9. The molecule has 24 heteroatoms. The number of hydrogen-bond acceptors (Lipinski definition) is 20. The van der Waals surface area contributed by atoms with Crippen LogP contribution in [0.25, 0.3) is 0 Å². The molecule has 102 heavy (non-hydrogen) atoms. The van der Waals surface area contributed by atoms with Gasteiger partial charge in [-0.3, -0.25) is 33.1 Å². The van der Waals surface area contributed by atoms with E-state index >= 15 is 0 Å². The normalized spacial score (nSPS) is 19.5. The maximum Gasteiger partial charge on any atom is 1.00 e. The van der Waals surface area contributed by atoms with Gasteiger partial charge in [0, 0.05) is 37.5 Å². The van der Waals surface area contributed by atoms with Crippen molar-refractivity contribution in [1.29, 1.82) is 0 Å². The Labute approximate surface area is 660 Å². The molecule has 3 aliphatic rings. The summed E-state index contributed by atoms with van der Waals surface area (Å²) in [6, 6.07) is 5.95. The molecule has 580 valence electrons. The maximum atomic E-state index is 12.8. The molecule has 2 saturated carbocycles. The monoisotopic (exact) mass is 1500 g/mol. The molecular weight excluding hydrogens is 1360 g/mol. The molecule has 9 atom stereocenters. The number of hydrogen-bond donors (Lipinski definition) is 2. The average Bonchev–Trinajstić information content (AvgIpc) is 1.48. The van der Waals surface area contributed by atoms with E-state index in [-0.39, 0.29) is 102 Å². The standard InChI is InChI=1S/C57H110O17P2.C21H28O3.2Na/c1-5-9-13-17-21-25-29-33-37-41-54(59)67-47-52(73-56(61)43-39-35-31-27-23-19-15-11-7-3)49-71-75(63,64)69-45-51(58)46-70-76(65,66)72-50-53(74-57(62)44-40-36-32-28-24-20-16-12-8-4)48-68-55(60)42-38-34-30-26-22-18-14-10-6-2;1-3-20(23)24-19-9-8-18-17-6-4-13-12-14(22)5-7-15(13)16(17)10-11-21(18,19)2;;/h51-53,58H,5-50H2,1-4H3,(H,63,64)(H,65,66);5,7,12,16-19,22H,3-4,6,8-11H2,1-2H3;;/q;;2*+1/p-2. The summed E-state index contributed by atoms with van der Waals surface area (Å²) in [6.07, 6.45) is 41.6. The Balaban J connectivity index is 0.00000165. The third-order valence-electron chi connectivity index (χ3n) is 20.3. The summed E-state index contributed by atoms with van der Waals surface area (Å²) in [5.74, 6) is 0.0796. The van der Waals surface area contributed by atoms with E-state index in [4.69, 9.17) is 41.8 Å². The first kappa shape index (κ1) is 98.6. The van der Waals surface area contributed by atoms with Crippen LogP contribution in [0.15, 0.2) is 18.2 Å². The number of fused-ring (bicyclic) bond motifs is 5. The quantitative estimate of drug-likeness (QED) is 0.0201. The molecule has 0 bridgehead atoms. The number of benzene rings is 1. The molecule has 0 aromatic heterocycles. The van der Waals surface area contributed by atoms with Crippen LogP contribution in [0, 0.1) is 17.3 Å². The van der Waals surface area contributed by atoms with E-state index in [1.54, 1.807) is 0 Å². The number of ether oxygens (including phenoxy) is 5. The van der Waals surface area contributed by atoms with Gasteiger partial charge in [0.15, 0.2) is 12.2 Å². The fraction of sp³-hybridized carbons (Fsp3) is 0.859. The summed E-state index contributed by atoms with van der Waals surface area (Å²) in [6.45, 7) is 8.60. The molecule has 20 nitrogen and oxygen atoms in total. The number of phosphoric acid groups is 2. The molecule has 2 N–H and O–H groups in total. The molecule has 0 spiro atoms. The SMILES string of the molecule is CCC(=O)OC1CCC2C3CCc4cc(O)ccc4C3CCC12C.CCCCCCCCCCCC(=O)OCC(COP(=O)([O-])OCC(O)COP(=O)([O-])OCC(COC(=O)CCCCCCCCCCC)OC(=O)CCCCCCCCCCC)OC(=O)CCCCCCCCCCC.[Na+].[Na+]. The Bertz CT molecular complexity index is 2350. The number of aliphatic hydroxyl groups excluding tert-OH is 1. The molecule has 4 rings (SSSR count). The molecule has 1 aromatic rings. The fourth-order valence-electron chi connectivity index (χ4n) is 14.3. The van der Waals surface area contributed by atoms with E-state index in [2.05, 4.69) is 40.7 Å². The third kappa shape index (κ3) is 45.5. The van der Waals surface area contributed by atoms with Crippen LogP contribution in [0.3, 0.4) is 0 Å². The van der Waals surface area contributed by atoms with Crippen molar-refractivity contribution in [2.75, 3.05) is 39.6 Å². The van der Waals surface area contributed by atoms with E-state index in [9.17, 15) is 53.1 Å². The molecule has 0 radical (unpaired) electrons. The number of esters is 5. The van der Waals surface area contributed by atoms with Crippen molar-refractivity contribution in [2.24, 2.45) is 17.3 Å². The van der Waals surface area contributed by atoms with Crippen LogP contribution in [0.1, 0.15) is 354 Å². The van der Waals surface area contributed by atoms with Gasteiger partial charge >= 0.3 is 89.0 Å². The Morgan fingerprint density at radius 2 is 0.824 bits per heavy atom. The van der Waals surface area contributed by atoms with Gasteiger partial charge in [-0.15, -0.1) is 0 Å². The Hall–Kier alpha value is -1.45. The van der Waals surface area contributed by atoms with Crippen LogP contribution in [-0.4, -0.2) is 104 Å². The van der Waals surface area contributed by atoms with Crippen LogP contribution in [0.4, 0.5) is 0 Å². The summed E-state index contributed by atoms with van der Waals surface area (Å²) in [7, 11) is -10.4. The van der Waals surface area contributed by atoms with Gasteiger partial charge in [-0.05, 0) is 105 Å². The van der Waals surface area contributed by atoms with Crippen molar-refractivity contribution < 1.29 is 154 Å².